The third kappa shape index (κ3) is 8.38. The van der Waals surface area contributed by atoms with E-state index in [2.05, 4.69) is 68.8 Å². The number of carbonyl (C=O) groups excluding carboxylic acids is 1. The first-order chi connectivity index (χ1) is 17.8. The number of carbonyl (C=O) groups is 1. The van der Waals surface area contributed by atoms with Gasteiger partial charge in [0.05, 0.1) is 7.11 Å². The van der Waals surface area contributed by atoms with Crippen molar-refractivity contribution in [1.82, 2.24) is 0 Å². The van der Waals surface area contributed by atoms with E-state index >= 15 is 0 Å². The zero-order valence-electron chi connectivity index (χ0n) is 23.7. The van der Waals surface area contributed by atoms with Gasteiger partial charge in [-0.3, -0.25) is 4.79 Å². The van der Waals surface area contributed by atoms with Gasteiger partial charge in [-0.25, -0.2) is 0 Å². The van der Waals surface area contributed by atoms with Crippen molar-refractivity contribution in [3.63, 3.8) is 0 Å². The molecule has 4 nitrogen and oxygen atoms in total. The second-order valence-electron chi connectivity index (χ2n) is 10.7. The van der Waals surface area contributed by atoms with E-state index in [9.17, 15) is 4.79 Å². The summed E-state index contributed by atoms with van der Waals surface area (Å²) in [6.45, 7) is 9.27. The molecule has 1 aliphatic rings. The third-order valence-corrected chi connectivity index (χ3v) is 7.69. The lowest BCUT2D eigenvalue weighted by atomic mass is 9.86. The van der Waals surface area contributed by atoms with Gasteiger partial charge in [0, 0.05) is 12.0 Å². The zero-order valence-corrected chi connectivity index (χ0v) is 23.7. The number of hydrogen-bond donors (Lipinski definition) is 0. The van der Waals surface area contributed by atoms with E-state index in [0.717, 1.165) is 43.6 Å². The van der Waals surface area contributed by atoms with Crippen molar-refractivity contribution in [3.05, 3.63) is 70.3 Å². The van der Waals surface area contributed by atoms with Crippen LogP contribution in [0.4, 0.5) is 0 Å². The van der Waals surface area contributed by atoms with Crippen LogP contribution in [0.1, 0.15) is 98.9 Å². The molecule has 2 aromatic rings. The van der Waals surface area contributed by atoms with Crippen LogP contribution in [0.25, 0.3) is 0 Å². The summed E-state index contributed by atoms with van der Waals surface area (Å²) in [4.78, 5) is 11.1. The Hall–Kier alpha value is -2.75. The molecule has 1 heterocycles. The lowest BCUT2D eigenvalue weighted by molar-refractivity contribution is -0.140. The summed E-state index contributed by atoms with van der Waals surface area (Å²) in [5.74, 6) is 1.96. The Labute approximate surface area is 224 Å². The van der Waals surface area contributed by atoms with E-state index in [1.165, 1.54) is 67.0 Å². The highest BCUT2D eigenvalue weighted by Crippen LogP contribution is 2.44. The average molecular weight is 507 g/mol. The fraction of sp³-hybridized carbons (Fsp3) is 0.545. The van der Waals surface area contributed by atoms with Crippen molar-refractivity contribution in [2.75, 3.05) is 7.11 Å². The molecule has 0 unspecified atom stereocenters. The number of rotatable bonds is 14. The lowest BCUT2D eigenvalue weighted by Crippen LogP contribution is -2.35. The molecular formula is C33H46O4. The zero-order chi connectivity index (χ0) is 26.7. The summed E-state index contributed by atoms with van der Waals surface area (Å²) in [5.41, 5.74) is 5.79. The van der Waals surface area contributed by atoms with E-state index in [0.29, 0.717) is 13.0 Å². The van der Waals surface area contributed by atoms with Crippen LogP contribution in [0.5, 0.6) is 11.5 Å². The van der Waals surface area contributed by atoms with Crippen LogP contribution in [0.3, 0.4) is 0 Å². The Kier molecular flexibility index (Phi) is 11.1. The van der Waals surface area contributed by atoms with Gasteiger partial charge < -0.3 is 14.2 Å². The van der Waals surface area contributed by atoms with Crippen molar-refractivity contribution in [1.29, 1.82) is 0 Å². The number of allylic oxidation sites excluding steroid dienone is 1. The molecule has 0 spiro atoms. The standard InChI is InChI=1S/C33H46O4/c1-25-26(2)32-29(27(3)31(25)36-24-28-18-14-13-15-19-28)21-23-33(4,37-32)22-17-12-10-8-6-7-9-11-16-20-30(34)35-5/h13-15,17-19,22H,6-12,16,20-21,23-24H2,1-5H3/b22-17+/t33-/m1/s1. The highest BCUT2D eigenvalue weighted by Gasteiger charge is 2.32. The fourth-order valence-electron chi connectivity index (χ4n) is 5.17. The van der Waals surface area contributed by atoms with Crippen LogP contribution in [0.2, 0.25) is 0 Å². The first-order valence-corrected chi connectivity index (χ1v) is 14.1. The lowest BCUT2D eigenvalue weighted by Gasteiger charge is -2.36. The number of esters is 1. The molecule has 1 atom stereocenters. The van der Waals surface area contributed by atoms with Crippen molar-refractivity contribution < 1.29 is 19.0 Å². The molecule has 2 aromatic carbocycles. The minimum absolute atomic E-state index is 0.0936. The van der Waals surface area contributed by atoms with Crippen molar-refractivity contribution in [3.8, 4) is 11.5 Å². The van der Waals surface area contributed by atoms with Gasteiger partial charge in [-0.15, -0.1) is 0 Å². The highest BCUT2D eigenvalue weighted by atomic mass is 16.5. The smallest absolute Gasteiger partial charge is 0.305 e. The van der Waals surface area contributed by atoms with Crippen molar-refractivity contribution in [2.45, 2.75) is 111 Å². The minimum Gasteiger partial charge on any atom is -0.488 e. The Morgan fingerprint density at radius 1 is 0.946 bits per heavy atom. The first kappa shape index (κ1) is 28.8. The molecule has 0 aromatic heterocycles. The molecule has 1 aliphatic heterocycles. The highest BCUT2D eigenvalue weighted by molar-refractivity contribution is 5.69. The molecule has 0 radical (unpaired) electrons. The van der Waals surface area contributed by atoms with Gasteiger partial charge in [-0.1, -0.05) is 68.5 Å². The van der Waals surface area contributed by atoms with Crippen LogP contribution in [0, 0.1) is 20.8 Å². The predicted octanol–water partition coefficient (Wildman–Crippen LogP) is 8.51. The van der Waals surface area contributed by atoms with Crippen LogP contribution < -0.4 is 9.47 Å². The fourth-order valence-corrected chi connectivity index (χ4v) is 5.17. The number of fused-ring (bicyclic) bond motifs is 1. The second-order valence-corrected chi connectivity index (χ2v) is 10.7. The number of hydrogen-bond acceptors (Lipinski definition) is 4. The molecule has 202 valence electrons. The van der Waals surface area contributed by atoms with Crippen molar-refractivity contribution >= 4 is 5.97 Å². The molecule has 0 saturated heterocycles. The maximum Gasteiger partial charge on any atom is 0.305 e. The van der Waals surface area contributed by atoms with Crippen LogP contribution in [-0.4, -0.2) is 18.7 Å². The van der Waals surface area contributed by atoms with Gasteiger partial charge in [0.25, 0.3) is 0 Å². The summed E-state index contributed by atoms with van der Waals surface area (Å²) in [5, 5.41) is 0. The van der Waals surface area contributed by atoms with Crippen LogP contribution in [0.15, 0.2) is 42.5 Å². The molecule has 3 rings (SSSR count). The Morgan fingerprint density at radius 3 is 2.32 bits per heavy atom. The first-order valence-electron chi connectivity index (χ1n) is 14.1. The normalized spacial score (nSPS) is 16.9. The Balaban J connectivity index is 1.46. The maximum atomic E-state index is 11.1. The average Bonchev–Trinajstić information content (AvgIpc) is 2.90. The monoisotopic (exact) mass is 506 g/mol. The number of methoxy groups -OCH3 is 1. The molecule has 0 fully saturated rings. The molecule has 0 amide bonds. The van der Waals surface area contributed by atoms with Crippen LogP contribution in [-0.2, 0) is 22.6 Å². The van der Waals surface area contributed by atoms with Gasteiger partial charge >= 0.3 is 5.97 Å². The third-order valence-electron chi connectivity index (χ3n) is 7.69. The quantitative estimate of drug-likeness (QED) is 0.146. The maximum absolute atomic E-state index is 11.1. The number of unbranched alkanes of at least 4 members (excludes halogenated alkanes) is 7. The summed E-state index contributed by atoms with van der Waals surface area (Å²) >= 11 is 0. The minimum atomic E-state index is -0.261. The molecule has 0 saturated carbocycles. The summed E-state index contributed by atoms with van der Waals surface area (Å²) in [6.07, 6.45) is 16.5. The molecule has 0 aliphatic carbocycles. The summed E-state index contributed by atoms with van der Waals surface area (Å²) in [6, 6.07) is 10.3. The molecule has 37 heavy (non-hydrogen) atoms. The predicted molar refractivity (Wildman–Crippen MR) is 151 cm³/mol. The summed E-state index contributed by atoms with van der Waals surface area (Å²) in [7, 11) is 1.46. The number of ether oxygens (including phenoxy) is 3. The number of benzene rings is 2. The van der Waals surface area contributed by atoms with Gasteiger partial charge in [0.15, 0.2) is 0 Å². The van der Waals surface area contributed by atoms with Gasteiger partial charge in [-0.05, 0) is 88.1 Å². The van der Waals surface area contributed by atoms with Gasteiger partial charge in [-0.2, -0.15) is 0 Å². The second kappa shape index (κ2) is 14.3. The Bertz CT molecular complexity index is 1040. The van der Waals surface area contributed by atoms with E-state index in [1.54, 1.807) is 0 Å². The van der Waals surface area contributed by atoms with Gasteiger partial charge in [0.1, 0.15) is 23.7 Å². The molecule has 4 heteroatoms. The molecular weight excluding hydrogens is 460 g/mol. The SMILES string of the molecule is COC(=O)CCCCCCCCC/C=C/[C@]1(C)CCc2c(C)c(OCc3ccccc3)c(C)c(C)c2O1. The van der Waals surface area contributed by atoms with Crippen molar-refractivity contribution in [2.24, 2.45) is 0 Å². The van der Waals surface area contributed by atoms with E-state index in [-0.39, 0.29) is 11.6 Å². The largest absolute Gasteiger partial charge is 0.488 e. The van der Waals surface area contributed by atoms with Gasteiger partial charge in [0.2, 0.25) is 0 Å². The Morgan fingerprint density at radius 2 is 1.62 bits per heavy atom. The summed E-state index contributed by atoms with van der Waals surface area (Å²) < 4.78 is 17.7. The van der Waals surface area contributed by atoms with Crippen LogP contribution >= 0.6 is 0 Å². The molecule has 0 bridgehead atoms. The van der Waals surface area contributed by atoms with E-state index in [1.807, 2.05) is 6.07 Å². The van der Waals surface area contributed by atoms with E-state index in [4.69, 9.17) is 9.47 Å². The topological polar surface area (TPSA) is 44.8 Å². The molecule has 0 N–H and O–H groups in total. The van der Waals surface area contributed by atoms with E-state index < -0.39 is 0 Å².